The van der Waals surface area contributed by atoms with Crippen LogP contribution in [-0.4, -0.2) is 29.3 Å². The van der Waals surface area contributed by atoms with E-state index in [-0.39, 0.29) is 24.3 Å². The van der Waals surface area contributed by atoms with E-state index in [9.17, 15) is 9.59 Å². The number of rotatable bonds is 10. The summed E-state index contributed by atoms with van der Waals surface area (Å²) in [6, 6.07) is 15.5. The molecule has 0 spiro atoms. The summed E-state index contributed by atoms with van der Waals surface area (Å²) in [7, 11) is 0. The van der Waals surface area contributed by atoms with Crippen molar-refractivity contribution in [2.75, 3.05) is 6.54 Å². The second kappa shape index (κ2) is 10.3. The Labute approximate surface area is 170 Å². The molecule has 29 heavy (non-hydrogen) atoms. The molecule has 1 unspecified atom stereocenters. The first-order valence-electron chi connectivity index (χ1n) is 9.79. The number of nitrogens with zero attached hydrogens (tertiary/aromatic N) is 1. The third-order valence-electron chi connectivity index (χ3n) is 4.71. The van der Waals surface area contributed by atoms with Crippen LogP contribution in [0.15, 0.2) is 76.2 Å². The molecule has 6 nitrogen and oxygen atoms in total. The summed E-state index contributed by atoms with van der Waals surface area (Å²) in [5, 5.41) is 3.02. The molecule has 0 radical (unpaired) electrons. The number of carbonyl (C=O) groups is 2. The Bertz CT molecular complexity index is 873. The first-order valence-corrected chi connectivity index (χ1v) is 9.79. The molecular formula is C23H26N2O4. The van der Waals surface area contributed by atoms with Gasteiger partial charge in [-0.25, -0.2) is 0 Å². The second-order valence-corrected chi connectivity index (χ2v) is 7.06. The van der Waals surface area contributed by atoms with Gasteiger partial charge in [-0.05, 0) is 43.5 Å². The number of hydrogen-bond acceptors (Lipinski definition) is 4. The van der Waals surface area contributed by atoms with Gasteiger partial charge in [0.05, 0.1) is 24.6 Å². The van der Waals surface area contributed by atoms with Crippen LogP contribution in [0.2, 0.25) is 0 Å². The van der Waals surface area contributed by atoms with Gasteiger partial charge in [-0.1, -0.05) is 30.3 Å². The maximum absolute atomic E-state index is 12.7. The Morgan fingerprint density at radius 1 is 1.07 bits per heavy atom. The lowest BCUT2D eigenvalue weighted by Gasteiger charge is -2.21. The normalized spacial score (nSPS) is 11.8. The van der Waals surface area contributed by atoms with Crippen LogP contribution in [0.3, 0.4) is 0 Å². The van der Waals surface area contributed by atoms with E-state index in [4.69, 9.17) is 8.83 Å². The number of amides is 2. The Morgan fingerprint density at radius 2 is 1.90 bits per heavy atom. The quantitative estimate of drug-likeness (QED) is 0.563. The maximum atomic E-state index is 12.7. The summed E-state index contributed by atoms with van der Waals surface area (Å²) < 4.78 is 10.4. The zero-order chi connectivity index (χ0) is 20.5. The van der Waals surface area contributed by atoms with Gasteiger partial charge in [0, 0.05) is 19.0 Å². The molecule has 1 atom stereocenters. The minimum absolute atomic E-state index is 0.0609. The van der Waals surface area contributed by atoms with E-state index < -0.39 is 0 Å². The molecule has 0 aliphatic rings. The topological polar surface area (TPSA) is 75.7 Å². The Balaban J connectivity index is 1.50. The SMILES string of the molecule is CC(CCc1ccccc1)NC(=O)CCN(Cc1ccco1)C(=O)c1ccoc1. The van der Waals surface area contributed by atoms with Gasteiger partial charge in [-0.3, -0.25) is 9.59 Å². The summed E-state index contributed by atoms with van der Waals surface area (Å²) in [5.41, 5.74) is 1.71. The first-order chi connectivity index (χ1) is 14.1. The lowest BCUT2D eigenvalue weighted by molar-refractivity contribution is -0.121. The van der Waals surface area contributed by atoms with Crippen molar-refractivity contribution in [2.24, 2.45) is 0 Å². The smallest absolute Gasteiger partial charge is 0.257 e. The highest BCUT2D eigenvalue weighted by Gasteiger charge is 2.19. The lowest BCUT2D eigenvalue weighted by atomic mass is 10.1. The number of aryl methyl sites for hydroxylation is 1. The van der Waals surface area contributed by atoms with Crippen molar-refractivity contribution in [3.63, 3.8) is 0 Å². The molecule has 6 heteroatoms. The molecule has 0 saturated heterocycles. The van der Waals surface area contributed by atoms with Gasteiger partial charge in [0.1, 0.15) is 12.0 Å². The van der Waals surface area contributed by atoms with Crippen LogP contribution >= 0.6 is 0 Å². The second-order valence-electron chi connectivity index (χ2n) is 7.06. The average Bonchev–Trinajstić information content (AvgIpc) is 3.44. The van der Waals surface area contributed by atoms with E-state index in [1.165, 1.54) is 18.1 Å². The molecule has 0 bridgehead atoms. The van der Waals surface area contributed by atoms with Gasteiger partial charge in [0.2, 0.25) is 5.91 Å². The van der Waals surface area contributed by atoms with E-state index in [2.05, 4.69) is 17.4 Å². The van der Waals surface area contributed by atoms with Crippen molar-refractivity contribution in [1.29, 1.82) is 0 Å². The zero-order valence-electron chi connectivity index (χ0n) is 16.5. The summed E-state index contributed by atoms with van der Waals surface area (Å²) in [5.74, 6) is 0.397. The number of hydrogen-bond donors (Lipinski definition) is 1. The van der Waals surface area contributed by atoms with Gasteiger partial charge in [-0.2, -0.15) is 0 Å². The van der Waals surface area contributed by atoms with Crippen LogP contribution in [0.1, 0.15) is 41.4 Å². The Hall–Kier alpha value is -3.28. The van der Waals surface area contributed by atoms with Crippen LogP contribution < -0.4 is 5.32 Å². The van der Waals surface area contributed by atoms with E-state index in [0.29, 0.717) is 24.4 Å². The monoisotopic (exact) mass is 394 g/mol. The summed E-state index contributed by atoms with van der Waals surface area (Å²) in [4.78, 5) is 26.7. The van der Waals surface area contributed by atoms with Crippen LogP contribution in [0.5, 0.6) is 0 Å². The van der Waals surface area contributed by atoms with E-state index in [1.54, 1.807) is 29.4 Å². The lowest BCUT2D eigenvalue weighted by Crippen LogP contribution is -2.37. The van der Waals surface area contributed by atoms with E-state index in [1.807, 2.05) is 25.1 Å². The third-order valence-corrected chi connectivity index (χ3v) is 4.71. The fourth-order valence-corrected chi connectivity index (χ4v) is 3.10. The number of carbonyl (C=O) groups excluding carboxylic acids is 2. The van der Waals surface area contributed by atoms with Crippen LogP contribution in [0.25, 0.3) is 0 Å². The molecule has 152 valence electrons. The Morgan fingerprint density at radius 3 is 2.59 bits per heavy atom. The standard InChI is InChI=1S/C23H26N2O4/c1-18(9-10-19-6-3-2-4-7-19)24-22(26)11-13-25(16-21-8-5-14-29-21)23(27)20-12-15-28-17-20/h2-8,12,14-15,17-18H,9-11,13,16H2,1H3,(H,24,26). The minimum atomic E-state index is -0.194. The van der Waals surface area contributed by atoms with Crippen molar-refractivity contribution >= 4 is 11.8 Å². The van der Waals surface area contributed by atoms with Gasteiger partial charge in [-0.15, -0.1) is 0 Å². The van der Waals surface area contributed by atoms with Gasteiger partial charge in [0.25, 0.3) is 5.91 Å². The van der Waals surface area contributed by atoms with Gasteiger partial charge >= 0.3 is 0 Å². The highest BCUT2D eigenvalue weighted by atomic mass is 16.3. The van der Waals surface area contributed by atoms with Gasteiger partial charge in [0.15, 0.2) is 0 Å². The number of benzene rings is 1. The van der Waals surface area contributed by atoms with Crippen molar-refractivity contribution in [3.8, 4) is 0 Å². The highest BCUT2D eigenvalue weighted by molar-refractivity contribution is 5.94. The van der Waals surface area contributed by atoms with Gasteiger partial charge < -0.3 is 19.1 Å². The largest absolute Gasteiger partial charge is 0.472 e. The van der Waals surface area contributed by atoms with E-state index >= 15 is 0 Å². The molecule has 3 rings (SSSR count). The molecule has 1 N–H and O–H groups in total. The first kappa shape index (κ1) is 20.5. The predicted molar refractivity (Wildman–Crippen MR) is 109 cm³/mol. The highest BCUT2D eigenvalue weighted by Crippen LogP contribution is 2.12. The molecule has 2 amide bonds. The van der Waals surface area contributed by atoms with Crippen molar-refractivity contribution < 1.29 is 18.4 Å². The van der Waals surface area contributed by atoms with Crippen LogP contribution in [-0.2, 0) is 17.8 Å². The summed E-state index contributed by atoms with van der Waals surface area (Å²) >= 11 is 0. The average molecular weight is 394 g/mol. The Kier molecular flexibility index (Phi) is 7.28. The molecule has 0 aliphatic heterocycles. The van der Waals surface area contributed by atoms with E-state index in [0.717, 1.165) is 12.8 Å². The molecule has 1 aromatic carbocycles. The van der Waals surface area contributed by atoms with Crippen molar-refractivity contribution in [3.05, 3.63) is 84.2 Å². The third kappa shape index (κ3) is 6.38. The molecule has 0 saturated carbocycles. The predicted octanol–water partition coefficient (Wildman–Crippen LogP) is 4.04. The molecule has 2 heterocycles. The van der Waals surface area contributed by atoms with Crippen LogP contribution in [0, 0.1) is 0 Å². The molecule has 0 fully saturated rings. The molecule has 0 aliphatic carbocycles. The fraction of sp³-hybridized carbons (Fsp3) is 0.304. The number of nitrogens with one attached hydrogen (secondary N) is 1. The van der Waals surface area contributed by atoms with Crippen LogP contribution in [0.4, 0.5) is 0 Å². The molecule has 2 aromatic heterocycles. The fourth-order valence-electron chi connectivity index (χ4n) is 3.10. The zero-order valence-corrected chi connectivity index (χ0v) is 16.5. The summed E-state index contributed by atoms with van der Waals surface area (Å²) in [6.45, 7) is 2.59. The van der Waals surface area contributed by atoms with Crippen molar-refractivity contribution in [2.45, 2.75) is 38.8 Å². The molecule has 3 aromatic rings. The minimum Gasteiger partial charge on any atom is -0.472 e. The maximum Gasteiger partial charge on any atom is 0.257 e. The number of furan rings is 2. The van der Waals surface area contributed by atoms with Crippen molar-refractivity contribution in [1.82, 2.24) is 10.2 Å². The summed E-state index contributed by atoms with van der Waals surface area (Å²) in [6.07, 6.45) is 6.42. The molecular weight excluding hydrogens is 368 g/mol.